The summed E-state index contributed by atoms with van der Waals surface area (Å²) in [5.74, 6) is -0.773. The van der Waals surface area contributed by atoms with Crippen molar-refractivity contribution in [3.05, 3.63) is 0 Å². The Morgan fingerprint density at radius 1 is 1.43 bits per heavy atom. The number of ketones is 3. The van der Waals surface area contributed by atoms with Crippen LogP contribution in [0.5, 0.6) is 0 Å². The molecule has 0 aromatic carbocycles. The van der Waals surface area contributed by atoms with E-state index in [9.17, 15) is 14.4 Å². The largest absolute Gasteiger partial charge is 0.300 e. The maximum atomic E-state index is 11.7. The highest BCUT2D eigenvalue weighted by Gasteiger charge is 2.36. The minimum Gasteiger partial charge on any atom is -0.300 e. The van der Waals surface area contributed by atoms with Gasteiger partial charge in [0.15, 0.2) is 0 Å². The molecule has 0 saturated heterocycles. The van der Waals surface area contributed by atoms with Crippen molar-refractivity contribution in [3.8, 4) is 0 Å². The smallest absolute Gasteiger partial charge is 0.146 e. The van der Waals surface area contributed by atoms with Gasteiger partial charge in [0.25, 0.3) is 0 Å². The van der Waals surface area contributed by atoms with Gasteiger partial charge < -0.3 is 0 Å². The average molecular weight is 196 g/mol. The van der Waals surface area contributed by atoms with Crippen LogP contribution in [0.4, 0.5) is 0 Å². The average Bonchev–Trinajstić information content (AvgIpc) is 2.12. The van der Waals surface area contributed by atoms with Crippen molar-refractivity contribution in [3.63, 3.8) is 0 Å². The molecule has 0 radical (unpaired) electrons. The van der Waals surface area contributed by atoms with E-state index in [1.165, 1.54) is 6.92 Å². The molecule has 1 aliphatic carbocycles. The maximum absolute atomic E-state index is 11.7. The molecule has 0 heterocycles. The summed E-state index contributed by atoms with van der Waals surface area (Å²) in [4.78, 5) is 34.1. The SMILES string of the molecule is CCC1CCC(=O)C(CC(C)=O)C1=O. The van der Waals surface area contributed by atoms with E-state index < -0.39 is 5.92 Å². The minimum atomic E-state index is -0.633. The quantitative estimate of drug-likeness (QED) is 0.643. The lowest BCUT2D eigenvalue weighted by Crippen LogP contribution is -2.36. The molecule has 3 heteroatoms. The molecule has 1 fully saturated rings. The number of carbonyl (C=O) groups is 3. The minimum absolute atomic E-state index is 0.00273. The second kappa shape index (κ2) is 4.49. The lowest BCUT2D eigenvalue weighted by atomic mass is 9.76. The van der Waals surface area contributed by atoms with Crippen molar-refractivity contribution < 1.29 is 14.4 Å². The van der Waals surface area contributed by atoms with E-state index in [2.05, 4.69) is 0 Å². The molecule has 78 valence electrons. The number of carbonyl (C=O) groups excluding carboxylic acids is 3. The van der Waals surface area contributed by atoms with Gasteiger partial charge in [-0.25, -0.2) is 0 Å². The van der Waals surface area contributed by atoms with Crippen LogP contribution in [-0.2, 0) is 14.4 Å². The number of hydrogen-bond acceptors (Lipinski definition) is 3. The van der Waals surface area contributed by atoms with Crippen LogP contribution in [0.15, 0.2) is 0 Å². The highest BCUT2D eigenvalue weighted by molar-refractivity contribution is 6.07. The summed E-state index contributed by atoms with van der Waals surface area (Å²) >= 11 is 0. The number of hydrogen-bond donors (Lipinski definition) is 0. The van der Waals surface area contributed by atoms with Crippen LogP contribution in [0.3, 0.4) is 0 Å². The first-order valence-corrected chi connectivity index (χ1v) is 5.12. The van der Waals surface area contributed by atoms with Crippen LogP contribution in [0.2, 0.25) is 0 Å². The molecule has 2 atom stereocenters. The highest BCUT2D eigenvalue weighted by Crippen LogP contribution is 2.27. The molecule has 0 aliphatic heterocycles. The van der Waals surface area contributed by atoms with E-state index in [1.54, 1.807) is 0 Å². The van der Waals surface area contributed by atoms with E-state index in [0.29, 0.717) is 12.8 Å². The van der Waals surface area contributed by atoms with Crippen LogP contribution >= 0.6 is 0 Å². The van der Waals surface area contributed by atoms with E-state index in [1.807, 2.05) is 6.92 Å². The van der Waals surface area contributed by atoms with E-state index >= 15 is 0 Å². The van der Waals surface area contributed by atoms with Crippen LogP contribution in [0, 0.1) is 11.8 Å². The second-order valence-electron chi connectivity index (χ2n) is 3.97. The Bertz CT molecular complexity index is 268. The Hall–Kier alpha value is -0.990. The Morgan fingerprint density at radius 3 is 2.57 bits per heavy atom. The van der Waals surface area contributed by atoms with Crippen molar-refractivity contribution in [2.75, 3.05) is 0 Å². The zero-order valence-electron chi connectivity index (χ0n) is 8.71. The van der Waals surface area contributed by atoms with Gasteiger partial charge in [-0.2, -0.15) is 0 Å². The first-order chi connectivity index (χ1) is 6.56. The van der Waals surface area contributed by atoms with Gasteiger partial charge >= 0.3 is 0 Å². The molecule has 2 unspecified atom stereocenters. The molecule has 0 amide bonds. The van der Waals surface area contributed by atoms with Crippen molar-refractivity contribution in [1.82, 2.24) is 0 Å². The Kier molecular flexibility index (Phi) is 3.55. The first kappa shape index (κ1) is 11.1. The van der Waals surface area contributed by atoms with Crippen LogP contribution < -0.4 is 0 Å². The number of rotatable bonds is 3. The summed E-state index contributed by atoms with van der Waals surface area (Å²) in [6.45, 7) is 3.37. The van der Waals surface area contributed by atoms with Gasteiger partial charge in [0.2, 0.25) is 0 Å². The Morgan fingerprint density at radius 2 is 2.07 bits per heavy atom. The van der Waals surface area contributed by atoms with Gasteiger partial charge in [0.1, 0.15) is 17.3 Å². The summed E-state index contributed by atoms with van der Waals surface area (Å²) in [6.07, 6.45) is 2.01. The Labute approximate surface area is 83.9 Å². The molecule has 0 N–H and O–H groups in total. The molecule has 1 rings (SSSR count). The summed E-state index contributed by atoms with van der Waals surface area (Å²) in [5, 5.41) is 0. The number of Topliss-reactive ketones (excluding diaryl/α,β-unsaturated/α-hetero) is 3. The third-order valence-electron chi connectivity index (χ3n) is 2.86. The molecule has 0 aromatic rings. The van der Waals surface area contributed by atoms with Gasteiger partial charge in [-0.05, 0) is 19.8 Å². The molecule has 14 heavy (non-hydrogen) atoms. The normalized spacial score (nSPS) is 27.9. The lowest BCUT2D eigenvalue weighted by Gasteiger charge is -2.25. The molecule has 1 saturated carbocycles. The monoisotopic (exact) mass is 196 g/mol. The van der Waals surface area contributed by atoms with Gasteiger partial charge in [-0.1, -0.05) is 6.92 Å². The fraction of sp³-hybridized carbons (Fsp3) is 0.727. The fourth-order valence-corrected chi connectivity index (χ4v) is 1.98. The second-order valence-corrected chi connectivity index (χ2v) is 3.97. The molecule has 0 bridgehead atoms. The van der Waals surface area contributed by atoms with Gasteiger partial charge in [-0.15, -0.1) is 0 Å². The van der Waals surface area contributed by atoms with Crippen molar-refractivity contribution >= 4 is 17.3 Å². The first-order valence-electron chi connectivity index (χ1n) is 5.12. The standard InChI is InChI=1S/C11H16O3/c1-3-8-4-5-10(13)9(11(8)14)6-7(2)12/h8-9H,3-6H2,1-2H3. The van der Waals surface area contributed by atoms with E-state index in [-0.39, 0.29) is 29.7 Å². The summed E-state index contributed by atoms with van der Waals surface area (Å²) in [6, 6.07) is 0. The van der Waals surface area contributed by atoms with E-state index in [4.69, 9.17) is 0 Å². The fourth-order valence-electron chi connectivity index (χ4n) is 1.98. The van der Waals surface area contributed by atoms with Crippen molar-refractivity contribution in [2.24, 2.45) is 11.8 Å². The van der Waals surface area contributed by atoms with Gasteiger partial charge in [-0.3, -0.25) is 14.4 Å². The van der Waals surface area contributed by atoms with Crippen molar-refractivity contribution in [1.29, 1.82) is 0 Å². The zero-order chi connectivity index (χ0) is 10.7. The molecule has 1 aliphatic rings. The van der Waals surface area contributed by atoms with E-state index in [0.717, 1.165) is 6.42 Å². The van der Waals surface area contributed by atoms with Crippen LogP contribution in [0.25, 0.3) is 0 Å². The molecular weight excluding hydrogens is 180 g/mol. The summed E-state index contributed by atoms with van der Waals surface area (Å²) in [7, 11) is 0. The lowest BCUT2D eigenvalue weighted by molar-refractivity contribution is -0.141. The van der Waals surface area contributed by atoms with Crippen molar-refractivity contribution in [2.45, 2.75) is 39.5 Å². The van der Waals surface area contributed by atoms with Gasteiger partial charge in [0, 0.05) is 18.8 Å². The predicted octanol–water partition coefficient (Wildman–Crippen LogP) is 1.54. The molecule has 0 aromatic heterocycles. The third kappa shape index (κ3) is 2.28. The van der Waals surface area contributed by atoms with Crippen LogP contribution in [0.1, 0.15) is 39.5 Å². The van der Waals surface area contributed by atoms with Crippen LogP contribution in [-0.4, -0.2) is 17.3 Å². The topological polar surface area (TPSA) is 51.2 Å². The Balaban J connectivity index is 2.73. The summed E-state index contributed by atoms with van der Waals surface area (Å²) in [5.41, 5.74) is 0. The molecular formula is C11H16O3. The molecule has 0 spiro atoms. The third-order valence-corrected chi connectivity index (χ3v) is 2.86. The maximum Gasteiger partial charge on any atom is 0.146 e. The predicted molar refractivity (Wildman–Crippen MR) is 51.8 cm³/mol. The van der Waals surface area contributed by atoms with Gasteiger partial charge in [0.05, 0.1) is 5.92 Å². The molecule has 3 nitrogen and oxygen atoms in total. The zero-order valence-corrected chi connectivity index (χ0v) is 8.71. The highest BCUT2D eigenvalue weighted by atomic mass is 16.2. The summed E-state index contributed by atoms with van der Waals surface area (Å²) < 4.78 is 0.